The molecule has 0 radical (unpaired) electrons. The summed E-state index contributed by atoms with van der Waals surface area (Å²) in [5, 5.41) is 15.2. The van der Waals surface area contributed by atoms with Crippen LogP contribution in [0, 0.1) is 47.3 Å². The summed E-state index contributed by atoms with van der Waals surface area (Å²) in [5.74, 6) is -7.08. The molecule has 4 saturated carbocycles. The SMILES string of the molecule is O=C(Nc1ccc(Cl)cc1)OC1CC2CC1C(C(=O)NC(=O)C1C3CC(CC3OC(=O)Nc3ccc(Cl)cc3)C1C(=O)NCCCN1CCOCC1)C2C(=O)NCCCN1CCOCC1. The lowest BCUT2D eigenvalue weighted by molar-refractivity contribution is -0.147. The number of amides is 6. The number of ether oxygens (including phenoxy) is 4. The Morgan fingerprint density at radius 3 is 1.31 bits per heavy atom. The van der Waals surface area contributed by atoms with Crippen molar-refractivity contribution in [1.29, 1.82) is 0 Å². The van der Waals surface area contributed by atoms with Crippen molar-refractivity contribution in [1.82, 2.24) is 25.8 Å². The van der Waals surface area contributed by atoms with Gasteiger partial charge in [-0.3, -0.25) is 44.9 Å². The Labute approximate surface area is 388 Å². The fourth-order valence-electron chi connectivity index (χ4n) is 11.2. The second kappa shape index (κ2) is 21.9. The maximum absolute atomic E-state index is 14.6. The van der Waals surface area contributed by atoms with Gasteiger partial charge < -0.3 is 29.6 Å². The van der Waals surface area contributed by atoms with Crippen molar-refractivity contribution >= 4 is 70.4 Å². The molecule has 2 saturated heterocycles. The highest BCUT2D eigenvalue weighted by atomic mass is 35.5. The molecule has 65 heavy (non-hydrogen) atoms. The van der Waals surface area contributed by atoms with Crippen LogP contribution in [0.1, 0.15) is 38.5 Å². The van der Waals surface area contributed by atoms with Crippen molar-refractivity contribution in [3.63, 3.8) is 0 Å². The van der Waals surface area contributed by atoms with Crippen LogP contribution in [-0.4, -0.2) is 137 Å². The van der Waals surface area contributed by atoms with Crippen LogP contribution in [0.4, 0.5) is 21.0 Å². The van der Waals surface area contributed by atoms with Gasteiger partial charge in [-0.15, -0.1) is 0 Å². The van der Waals surface area contributed by atoms with Crippen molar-refractivity contribution in [2.24, 2.45) is 47.3 Å². The molecule has 2 heterocycles. The van der Waals surface area contributed by atoms with E-state index in [4.69, 9.17) is 42.1 Å². The average Bonchev–Trinajstić information content (AvgIpc) is 4.09. The number of halogens is 2. The third-order valence-electron chi connectivity index (χ3n) is 14.2. The second-order valence-corrected chi connectivity index (χ2v) is 19.0. The largest absolute Gasteiger partial charge is 0.446 e. The summed E-state index contributed by atoms with van der Waals surface area (Å²) < 4.78 is 22.7. The Morgan fingerprint density at radius 1 is 0.538 bits per heavy atom. The van der Waals surface area contributed by atoms with E-state index in [9.17, 15) is 28.8 Å². The molecule has 6 aliphatic rings. The summed E-state index contributed by atoms with van der Waals surface area (Å²) >= 11 is 12.0. The third-order valence-corrected chi connectivity index (χ3v) is 14.7. The first-order valence-electron chi connectivity index (χ1n) is 23.0. The molecule has 19 heteroatoms. The molecule has 4 aliphatic carbocycles. The van der Waals surface area contributed by atoms with E-state index < -0.39 is 71.7 Å². The molecular weight excluding hydrogens is 881 g/mol. The summed E-state index contributed by atoms with van der Waals surface area (Å²) in [6.45, 7) is 8.38. The van der Waals surface area contributed by atoms with Gasteiger partial charge in [0.2, 0.25) is 23.6 Å². The van der Waals surface area contributed by atoms with E-state index in [1.807, 2.05) is 0 Å². The molecule has 17 nitrogen and oxygen atoms in total. The Bertz CT molecular complexity index is 1880. The lowest BCUT2D eigenvalue weighted by Gasteiger charge is -2.36. The molecular formula is C46H59Cl2N7O10. The van der Waals surface area contributed by atoms with Crippen molar-refractivity contribution in [2.45, 2.75) is 50.7 Å². The summed E-state index contributed by atoms with van der Waals surface area (Å²) in [6, 6.07) is 13.1. The maximum atomic E-state index is 14.6. The topological polar surface area (TPSA) is 206 Å². The third kappa shape index (κ3) is 11.7. The monoisotopic (exact) mass is 939 g/mol. The standard InChI is InChI=1S/C46H59Cl2N7O10/c47-29-3-7-31(8-4-29)51-45(60)64-35-25-27-23-33(35)39(37(27)41(56)49-11-1-13-54-15-19-62-20-16-54)43(58)53-44(59)40-34-24-28(26-36(34)65-46(61)52-32-9-5-30(48)6-10-32)38(40)42(57)50-12-2-14-55-17-21-63-22-18-55/h3-10,27-28,33-40H,1-2,11-26H2,(H,49,56)(H,50,57)(H,51,60)(H,52,61)(H,53,58,59). The molecule has 5 N–H and O–H groups in total. The summed E-state index contributed by atoms with van der Waals surface area (Å²) in [6.07, 6.45) is 0.239. The molecule has 352 valence electrons. The van der Waals surface area contributed by atoms with E-state index in [1.54, 1.807) is 48.5 Å². The highest BCUT2D eigenvalue weighted by molar-refractivity contribution is 6.31. The van der Waals surface area contributed by atoms with Crippen LogP contribution in [0.5, 0.6) is 0 Å². The molecule has 8 rings (SSSR count). The van der Waals surface area contributed by atoms with Crippen LogP contribution in [0.2, 0.25) is 10.0 Å². The minimum atomic E-state index is -0.992. The first-order valence-corrected chi connectivity index (χ1v) is 23.7. The number of benzene rings is 2. The Kier molecular flexibility index (Phi) is 15.8. The maximum Gasteiger partial charge on any atom is 0.411 e. The van der Waals surface area contributed by atoms with Gasteiger partial charge in [0.25, 0.3) is 0 Å². The number of nitrogens with zero attached hydrogens (tertiary/aromatic N) is 2. The minimum Gasteiger partial charge on any atom is -0.446 e. The molecule has 0 spiro atoms. The van der Waals surface area contributed by atoms with E-state index >= 15 is 0 Å². The van der Waals surface area contributed by atoms with Gasteiger partial charge in [0, 0.05) is 72.5 Å². The van der Waals surface area contributed by atoms with E-state index in [-0.39, 0.29) is 23.7 Å². The number of carbonyl (C=O) groups excluding carboxylic acids is 6. The number of anilines is 2. The van der Waals surface area contributed by atoms with Crippen molar-refractivity contribution in [3.8, 4) is 0 Å². The fraction of sp³-hybridized carbons (Fsp3) is 0.609. The Balaban J connectivity index is 0.959. The zero-order chi connectivity index (χ0) is 45.5. The first kappa shape index (κ1) is 47.0. The quantitative estimate of drug-likeness (QED) is 0.117. The zero-order valence-electron chi connectivity index (χ0n) is 36.4. The van der Waals surface area contributed by atoms with E-state index in [0.717, 1.165) is 39.3 Å². The predicted octanol–water partition coefficient (Wildman–Crippen LogP) is 4.39. The Morgan fingerprint density at radius 2 is 0.923 bits per heavy atom. The van der Waals surface area contributed by atoms with Crippen LogP contribution in [0.3, 0.4) is 0 Å². The number of fused-ring (bicyclic) bond motifs is 4. The minimum absolute atomic E-state index is 0.283. The average molecular weight is 941 g/mol. The molecule has 10 unspecified atom stereocenters. The summed E-state index contributed by atoms with van der Waals surface area (Å²) in [4.78, 5) is 88.2. The van der Waals surface area contributed by atoms with Crippen molar-refractivity contribution in [3.05, 3.63) is 58.6 Å². The molecule has 2 aliphatic heterocycles. The van der Waals surface area contributed by atoms with Gasteiger partial charge >= 0.3 is 12.2 Å². The van der Waals surface area contributed by atoms with Crippen LogP contribution in [0.15, 0.2) is 48.5 Å². The van der Waals surface area contributed by atoms with Gasteiger partial charge in [0.15, 0.2) is 0 Å². The lowest BCUT2D eigenvalue weighted by atomic mass is 9.75. The number of hydrogen-bond acceptors (Lipinski definition) is 12. The smallest absolute Gasteiger partial charge is 0.411 e. The zero-order valence-corrected chi connectivity index (χ0v) is 37.9. The molecule has 2 aromatic rings. The van der Waals surface area contributed by atoms with Gasteiger partial charge in [0.05, 0.1) is 50.1 Å². The van der Waals surface area contributed by atoms with Gasteiger partial charge in [-0.05, 0) is 112 Å². The highest BCUT2D eigenvalue weighted by Gasteiger charge is 2.62. The van der Waals surface area contributed by atoms with Crippen molar-refractivity contribution < 1.29 is 47.7 Å². The number of nitrogens with one attached hydrogen (secondary N) is 5. The molecule has 10 atom stereocenters. The van der Waals surface area contributed by atoms with E-state index in [2.05, 4.69) is 36.4 Å². The molecule has 6 fully saturated rings. The number of hydrogen-bond donors (Lipinski definition) is 5. The number of rotatable bonds is 16. The highest BCUT2D eigenvalue weighted by Crippen LogP contribution is 2.55. The lowest BCUT2D eigenvalue weighted by Crippen LogP contribution is -2.54. The van der Waals surface area contributed by atoms with Crippen LogP contribution >= 0.6 is 23.2 Å². The summed E-state index contributed by atoms with van der Waals surface area (Å²) in [7, 11) is 0. The first-order chi connectivity index (χ1) is 31.5. The van der Waals surface area contributed by atoms with E-state index in [1.165, 1.54) is 0 Å². The molecule has 4 bridgehead atoms. The van der Waals surface area contributed by atoms with Gasteiger partial charge in [-0.25, -0.2) is 9.59 Å². The Hall–Kier alpha value is -4.52. The van der Waals surface area contributed by atoms with Gasteiger partial charge in [-0.2, -0.15) is 0 Å². The number of carbonyl (C=O) groups is 6. The van der Waals surface area contributed by atoms with Crippen LogP contribution in [0.25, 0.3) is 0 Å². The second-order valence-electron chi connectivity index (χ2n) is 18.1. The summed E-state index contributed by atoms with van der Waals surface area (Å²) in [5.41, 5.74) is 0.950. The fourth-order valence-corrected chi connectivity index (χ4v) is 11.4. The molecule has 2 aromatic carbocycles. The molecule has 6 amide bonds. The number of imide groups is 1. The molecule has 0 aromatic heterocycles. The van der Waals surface area contributed by atoms with E-state index in [0.29, 0.717) is 99.5 Å². The number of morpholine rings is 2. The normalized spacial score (nSPS) is 29.4. The van der Waals surface area contributed by atoms with Gasteiger partial charge in [0.1, 0.15) is 12.2 Å². The predicted molar refractivity (Wildman–Crippen MR) is 240 cm³/mol. The van der Waals surface area contributed by atoms with Crippen LogP contribution < -0.4 is 26.6 Å². The van der Waals surface area contributed by atoms with Gasteiger partial charge in [-0.1, -0.05) is 23.2 Å². The van der Waals surface area contributed by atoms with Crippen molar-refractivity contribution in [2.75, 3.05) is 89.4 Å². The van der Waals surface area contributed by atoms with Crippen LogP contribution in [-0.2, 0) is 38.1 Å².